The Balaban J connectivity index is 1.75. The molecule has 2 aromatic rings. The molecule has 0 atom stereocenters. The molecule has 1 aliphatic carbocycles. The third kappa shape index (κ3) is 2.93. The van der Waals surface area contributed by atoms with Gasteiger partial charge in [-0.1, -0.05) is 0 Å². The highest BCUT2D eigenvalue weighted by molar-refractivity contribution is 7.15. The largest absolute Gasteiger partial charge is 0.494 e. The van der Waals surface area contributed by atoms with Crippen molar-refractivity contribution >= 4 is 11.3 Å². The summed E-state index contributed by atoms with van der Waals surface area (Å²) in [6, 6.07) is 5.62. The van der Waals surface area contributed by atoms with Gasteiger partial charge in [0.25, 0.3) is 0 Å². The molecule has 100 valence electrons. The monoisotopic (exact) mass is 278 g/mol. The van der Waals surface area contributed by atoms with Gasteiger partial charge in [0.05, 0.1) is 7.11 Å². The standard InChI is InChI=1S/C14H15FN2OS/c1-18-13-5-2-9(6-12(13)15)14-17-8-11(19-14)7-16-10-3-4-10/h2,5-6,8,10,16H,3-4,7H2,1H3. The topological polar surface area (TPSA) is 34.1 Å². The number of methoxy groups -OCH3 is 1. The summed E-state index contributed by atoms with van der Waals surface area (Å²) in [5.41, 5.74) is 0.793. The third-order valence-electron chi connectivity index (χ3n) is 3.09. The summed E-state index contributed by atoms with van der Waals surface area (Å²) in [5.74, 6) is -0.0937. The first kappa shape index (κ1) is 12.6. The molecule has 0 radical (unpaired) electrons. The second-order valence-electron chi connectivity index (χ2n) is 4.64. The van der Waals surface area contributed by atoms with Crippen molar-refractivity contribution in [2.75, 3.05) is 7.11 Å². The van der Waals surface area contributed by atoms with Gasteiger partial charge in [0, 0.05) is 29.2 Å². The van der Waals surface area contributed by atoms with Crippen LogP contribution in [0.15, 0.2) is 24.4 Å². The molecule has 0 aliphatic heterocycles. The number of benzene rings is 1. The third-order valence-corrected chi connectivity index (χ3v) is 4.14. The molecular formula is C14H15FN2OS. The van der Waals surface area contributed by atoms with Crippen molar-refractivity contribution in [3.05, 3.63) is 35.1 Å². The van der Waals surface area contributed by atoms with Crippen molar-refractivity contribution in [3.63, 3.8) is 0 Å². The smallest absolute Gasteiger partial charge is 0.165 e. The zero-order valence-electron chi connectivity index (χ0n) is 10.6. The summed E-state index contributed by atoms with van der Waals surface area (Å²) in [7, 11) is 1.46. The van der Waals surface area contributed by atoms with E-state index in [0.717, 1.165) is 17.1 Å². The molecule has 3 rings (SSSR count). The van der Waals surface area contributed by atoms with Crippen LogP contribution in [0.2, 0.25) is 0 Å². The Morgan fingerprint density at radius 1 is 1.47 bits per heavy atom. The second kappa shape index (κ2) is 5.27. The minimum Gasteiger partial charge on any atom is -0.494 e. The Kier molecular flexibility index (Phi) is 3.48. The second-order valence-corrected chi connectivity index (χ2v) is 5.75. The van der Waals surface area contributed by atoms with E-state index in [-0.39, 0.29) is 11.6 Å². The van der Waals surface area contributed by atoms with E-state index >= 15 is 0 Å². The normalized spacial score (nSPS) is 14.6. The molecule has 1 N–H and O–H groups in total. The van der Waals surface area contributed by atoms with E-state index in [0.29, 0.717) is 6.04 Å². The average molecular weight is 278 g/mol. The van der Waals surface area contributed by atoms with Crippen LogP contribution < -0.4 is 10.1 Å². The highest BCUT2D eigenvalue weighted by Crippen LogP contribution is 2.29. The Labute approximate surface area is 115 Å². The predicted octanol–water partition coefficient (Wildman–Crippen LogP) is 3.21. The van der Waals surface area contributed by atoms with Gasteiger partial charge in [-0.05, 0) is 31.0 Å². The first-order valence-corrected chi connectivity index (χ1v) is 7.10. The van der Waals surface area contributed by atoms with Crippen molar-refractivity contribution in [2.45, 2.75) is 25.4 Å². The van der Waals surface area contributed by atoms with Crippen molar-refractivity contribution in [1.29, 1.82) is 0 Å². The Hall–Kier alpha value is -1.46. The summed E-state index contributed by atoms with van der Waals surface area (Å²) in [5, 5.41) is 4.29. The summed E-state index contributed by atoms with van der Waals surface area (Å²) in [4.78, 5) is 5.53. The molecule has 1 fully saturated rings. The molecular weight excluding hydrogens is 263 g/mol. The lowest BCUT2D eigenvalue weighted by Gasteiger charge is -2.02. The minimum absolute atomic E-state index is 0.260. The number of hydrogen-bond acceptors (Lipinski definition) is 4. The summed E-state index contributed by atoms with van der Waals surface area (Å²) in [6.07, 6.45) is 4.40. The van der Waals surface area contributed by atoms with Crippen LogP contribution in [0.3, 0.4) is 0 Å². The van der Waals surface area contributed by atoms with E-state index in [1.165, 1.54) is 30.9 Å². The van der Waals surface area contributed by atoms with Crippen LogP contribution in [-0.4, -0.2) is 18.1 Å². The van der Waals surface area contributed by atoms with E-state index in [4.69, 9.17) is 4.74 Å². The number of hydrogen-bond donors (Lipinski definition) is 1. The summed E-state index contributed by atoms with van der Waals surface area (Å²) >= 11 is 1.60. The molecule has 0 unspecified atom stereocenters. The fraction of sp³-hybridized carbons (Fsp3) is 0.357. The molecule has 0 amide bonds. The lowest BCUT2D eigenvalue weighted by molar-refractivity contribution is 0.386. The summed E-state index contributed by atoms with van der Waals surface area (Å²) < 4.78 is 18.6. The van der Waals surface area contributed by atoms with E-state index in [1.54, 1.807) is 17.4 Å². The number of nitrogens with one attached hydrogen (secondary N) is 1. The van der Waals surface area contributed by atoms with Gasteiger partial charge in [-0.25, -0.2) is 9.37 Å². The number of ether oxygens (including phenoxy) is 1. The van der Waals surface area contributed by atoms with E-state index < -0.39 is 0 Å². The van der Waals surface area contributed by atoms with Gasteiger partial charge in [-0.3, -0.25) is 0 Å². The van der Waals surface area contributed by atoms with Gasteiger partial charge in [0.15, 0.2) is 11.6 Å². The van der Waals surface area contributed by atoms with E-state index in [2.05, 4.69) is 10.3 Å². The van der Waals surface area contributed by atoms with Crippen LogP contribution in [0.4, 0.5) is 4.39 Å². The minimum atomic E-state index is -0.354. The van der Waals surface area contributed by atoms with Gasteiger partial charge in [0.1, 0.15) is 5.01 Å². The fourth-order valence-electron chi connectivity index (χ4n) is 1.85. The Morgan fingerprint density at radius 2 is 2.32 bits per heavy atom. The van der Waals surface area contributed by atoms with Crippen LogP contribution in [0.5, 0.6) is 5.75 Å². The SMILES string of the molecule is COc1ccc(-c2ncc(CNC3CC3)s2)cc1F. The molecule has 1 aromatic heterocycles. The van der Waals surface area contributed by atoms with Gasteiger partial charge in [-0.15, -0.1) is 11.3 Å². The van der Waals surface area contributed by atoms with E-state index in [9.17, 15) is 4.39 Å². The maximum Gasteiger partial charge on any atom is 0.165 e. The van der Waals surface area contributed by atoms with Crippen LogP contribution in [-0.2, 0) is 6.54 Å². The maximum absolute atomic E-state index is 13.6. The Bertz CT molecular complexity index is 581. The maximum atomic E-state index is 13.6. The molecule has 0 spiro atoms. The molecule has 1 heterocycles. The summed E-state index contributed by atoms with van der Waals surface area (Å²) in [6.45, 7) is 0.848. The Morgan fingerprint density at radius 3 is 3.00 bits per heavy atom. The lowest BCUT2D eigenvalue weighted by atomic mass is 10.2. The van der Waals surface area contributed by atoms with Crippen molar-refractivity contribution in [2.24, 2.45) is 0 Å². The quantitative estimate of drug-likeness (QED) is 0.912. The first-order chi connectivity index (χ1) is 9.26. The zero-order chi connectivity index (χ0) is 13.2. The first-order valence-electron chi connectivity index (χ1n) is 6.28. The number of rotatable bonds is 5. The number of nitrogens with zero attached hydrogens (tertiary/aromatic N) is 1. The average Bonchev–Trinajstić information content (AvgIpc) is 3.13. The number of halogens is 1. The molecule has 19 heavy (non-hydrogen) atoms. The molecule has 5 heteroatoms. The fourth-order valence-corrected chi connectivity index (χ4v) is 2.71. The highest BCUT2D eigenvalue weighted by Gasteiger charge is 2.20. The molecule has 1 saturated carbocycles. The predicted molar refractivity (Wildman–Crippen MR) is 73.9 cm³/mol. The van der Waals surface area contributed by atoms with Gasteiger partial charge in [-0.2, -0.15) is 0 Å². The number of aromatic nitrogens is 1. The highest BCUT2D eigenvalue weighted by atomic mass is 32.1. The van der Waals surface area contributed by atoms with Gasteiger partial charge in [0.2, 0.25) is 0 Å². The molecule has 3 nitrogen and oxygen atoms in total. The van der Waals surface area contributed by atoms with Crippen molar-refractivity contribution in [1.82, 2.24) is 10.3 Å². The van der Waals surface area contributed by atoms with Crippen molar-refractivity contribution < 1.29 is 9.13 Å². The number of thiazole rings is 1. The lowest BCUT2D eigenvalue weighted by Crippen LogP contribution is -2.14. The molecule has 1 aliphatic rings. The van der Waals surface area contributed by atoms with Gasteiger partial charge < -0.3 is 10.1 Å². The molecule has 0 saturated heterocycles. The molecule has 1 aromatic carbocycles. The van der Waals surface area contributed by atoms with Crippen molar-refractivity contribution in [3.8, 4) is 16.3 Å². The zero-order valence-corrected chi connectivity index (χ0v) is 11.5. The van der Waals surface area contributed by atoms with Crippen LogP contribution in [0, 0.1) is 5.82 Å². The van der Waals surface area contributed by atoms with Crippen LogP contribution in [0.25, 0.3) is 10.6 Å². The van der Waals surface area contributed by atoms with E-state index in [1.807, 2.05) is 12.3 Å². The van der Waals surface area contributed by atoms with Crippen LogP contribution in [0.1, 0.15) is 17.7 Å². The van der Waals surface area contributed by atoms with Crippen LogP contribution >= 0.6 is 11.3 Å². The van der Waals surface area contributed by atoms with Gasteiger partial charge >= 0.3 is 0 Å². The molecule has 0 bridgehead atoms.